The Labute approximate surface area is 109 Å². The van der Waals surface area contributed by atoms with Crippen molar-refractivity contribution < 1.29 is 9.90 Å². The van der Waals surface area contributed by atoms with Crippen molar-refractivity contribution in [2.75, 3.05) is 0 Å². The Kier molecular flexibility index (Phi) is 2.41. The van der Waals surface area contributed by atoms with Crippen LogP contribution in [0.4, 0.5) is 0 Å². The molecular weight excluding hydrogens is 242 g/mol. The molecule has 0 aliphatic heterocycles. The highest BCUT2D eigenvalue weighted by Crippen LogP contribution is 2.33. The molecule has 0 unspecified atom stereocenters. The first kappa shape index (κ1) is 11.5. The smallest absolute Gasteiger partial charge is 0.356 e. The van der Waals surface area contributed by atoms with Gasteiger partial charge in [0.05, 0.1) is 12.0 Å². The summed E-state index contributed by atoms with van der Waals surface area (Å²) in [4.78, 5) is 18.5. The van der Waals surface area contributed by atoms with Crippen molar-refractivity contribution in [2.45, 2.75) is 6.92 Å². The Balaban J connectivity index is 2.39. The highest BCUT2D eigenvalue weighted by Gasteiger charge is 2.21. The first-order valence-corrected chi connectivity index (χ1v) is 5.92. The molecule has 2 N–H and O–H groups in total. The van der Waals surface area contributed by atoms with Gasteiger partial charge in [0.15, 0.2) is 5.69 Å². The molecule has 5 heteroatoms. The second kappa shape index (κ2) is 3.98. The van der Waals surface area contributed by atoms with E-state index in [-0.39, 0.29) is 5.69 Å². The number of carboxylic acids is 1. The van der Waals surface area contributed by atoms with E-state index in [9.17, 15) is 9.90 Å². The molecule has 0 atom stereocenters. The predicted octanol–water partition coefficient (Wildman–Crippen LogP) is 2.58. The van der Waals surface area contributed by atoms with Gasteiger partial charge in [0, 0.05) is 29.2 Å². The van der Waals surface area contributed by atoms with Crippen LogP contribution in [-0.2, 0) is 7.05 Å². The lowest BCUT2D eigenvalue weighted by atomic mass is 10.1. The Bertz CT molecular complexity index is 783. The fraction of sp³-hybridized carbons (Fsp3) is 0.143. The number of aromatic amines is 1. The normalized spacial score (nSPS) is 11.1. The molecule has 2 heterocycles. The maximum absolute atomic E-state index is 11.3. The summed E-state index contributed by atoms with van der Waals surface area (Å²) in [5.74, 6) is -1.01. The molecule has 0 fully saturated rings. The van der Waals surface area contributed by atoms with Gasteiger partial charge >= 0.3 is 5.97 Å². The third-order valence-electron chi connectivity index (χ3n) is 3.27. The first-order chi connectivity index (χ1) is 9.09. The molecule has 0 saturated heterocycles. The van der Waals surface area contributed by atoms with Crippen LogP contribution in [0.25, 0.3) is 22.2 Å². The molecule has 0 bridgehead atoms. The fourth-order valence-corrected chi connectivity index (χ4v) is 2.46. The van der Waals surface area contributed by atoms with E-state index in [0.29, 0.717) is 5.69 Å². The van der Waals surface area contributed by atoms with Crippen LogP contribution < -0.4 is 0 Å². The molecule has 96 valence electrons. The van der Waals surface area contributed by atoms with Crippen LogP contribution in [-0.4, -0.2) is 25.6 Å². The number of imidazole rings is 1. The summed E-state index contributed by atoms with van der Waals surface area (Å²) in [5.41, 5.74) is 3.53. The molecular formula is C14H13N3O2. The lowest BCUT2D eigenvalue weighted by Gasteiger charge is -2.04. The van der Waals surface area contributed by atoms with E-state index >= 15 is 0 Å². The average Bonchev–Trinajstić information content (AvgIpc) is 2.88. The molecule has 0 spiro atoms. The molecule has 3 aromatic rings. The van der Waals surface area contributed by atoms with Crippen LogP contribution in [0.15, 0.2) is 30.6 Å². The number of hydrogen-bond acceptors (Lipinski definition) is 2. The standard InChI is InChI=1S/C14H13N3O2/c1-8-11(9-5-3-4-6-10(9)16-8)13-12(14(18)19)15-7-17(13)2/h3-7,16H,1-2H3,(H,18,19). The van der Waals surface area contributed by atoms with Gasteiger partial charge in [-0.2, -0.15) is 0 Å². The number of rotatable bonds is 2. The maximum atomic E-state index is 11.3. The summed E-state index contributed by atoms with van der Waals surface area (Å²) >= 11 is 0. The third-order valence-corrected chi connectivity index (χ3v) is 3.27. The van der Waals surface area contributed by atoms with E-state index < -0.39 is 5.97 Å². The van der Waals surface area contributed by atoms with E-state index in [2.05, 4.69) is 9.97 Å². The summed E-state index contributed by atoms with van der Waals surface area (Å²) < 4.78 is 1.74. The van der Waals surface area contributed by atoms with Gasteiger partial charge < -0.3 is 14.7 Å². The first-order valence-electron chi connectivity index (χ1n) is 5.92. The second-order valence-corrected chi connectivity index (χ2v) is 4.53. The Morgan fingerprint density at radius 2 is 2.11 bits per heavy atom. The molecule has 0 amide bonds. The zero-order valence-corrected chi connectivity index (χ0v) is 10.6. The van der Waals surface area contributed by atoms with Crippen LogP contribution in [0.1, 0.15) is 16.2 Å². The van der Waals surface area contributed by atoms with Crippen molar-refractivity contribution in [1.29, 1.82) is 0 Å². The Morgan fingerprint density at radius 1 is 1.37 bits per heavy atom. The molecule has 0 aliphatic carbocycles. The number of hydrogen-bond donors (Lipinski definition) is 2. The topological polar surface area (TPSA) is 70.9 Å². The summed E-state index contributed by atoms with van der Waals surface area (Å²) in [5, 5.41) is 10.3. The van der Waals surface area contributed by atoms with Crippen molar-refractivity contribution >= 4 is 16.9 Å². The summed E-state index contributed by atoms with van der Waals surface area (Å²) in [7, 11) is 1.80. The number of H-pyrrole nitrogens is 1. The number of carbonyl (C=O) groups is 1. The number of nitrogens with zero attached hydrogens (tertiary/aromatic N) is 2. The molecule has 3 rings (SSSR count). The van der Waals surface area contributed by atoms with Gasteiger partial charge in [0.1, 0.15) is 0 Å². The van der Waals surface area contributed by atoms with Gasteiger partial charge in [-0.25, -0.2) is 9.78 Å². The van der Waals surface area contributed by atoms with Crippen LogP contribution in [0.3, 0.4) is 0 Å². The molecule has 19 heavy (non-hydrogen) atoms. The van der Waals surface area contributed by atoms with E-state index in [1.165, 1.54) is 6.33 Å². The Morgan fingerprint density at radius 3 is 2.84 bits per heavy atom. The number of aryl methyl sites for hydroxylation is 2. The molecule has 0 radical (unpaired) electrons. The van der Waals surface area contributed by atoms with Crippen molar-refractivity contribution in [3.63, 3.8) is 0 Å². The van der Waals surface area contributed by atoms with Crippen LogP contribution in [0, 0.1) is 6.92 Å². The van der Waals surface area contributed by atoms with Gasteiger partial charge in [-0.15, -0.1) is 0 Å². The zero-order valence-electron chi connectivity index (χ0n) is 10.6. The van der Waals surface area contributed by atoms with Crippen molar-refractivity contribution in [2.24, 2.45) is 7.05 Å². The number of fused-ring (bicyclic) bond motifs is 1. The van der Waals surface area contributed by atoms with Crippen molar-refractivity contribution in [3.05, 3.63) is 42.0 Å². The maximum Gasteiger partial charge on any atom is 0.356 e. The van der Waals surface area contributed by atoms with Crippen LogP contribution in [0.2, 0.25) is 0 Å². The second-order valence-electron chi connectivity index (χ2n) is 4.53. The SMILES string of the molecule is Cc1[nH]c2ccccc2c1-c1c(C(=O)O)ncn1C. The minimum absolute atomic E-state index is 0.0790. The highest BCUT2D eigenvalue weighted by molar-refractivity contribution is 6.02. The lowest BCUT2D eigenvalue weighted by molar-refractivity contribution is 0.0692. The van der Waals surface area contributed by atoms with E-state index in [1.807, 2.05) is 31.2 Å². The number of benzene rings is 1. The van der Waals surface area contributed by atoms with Gasteiger partial charge in [-0.3, -0.25) is 0 Å². The van der Waals surface area contributed by atoms with E-state index in [4.69, 9.17) is 0 Å². The van der Waals surface area contributed by atoms with Gasteiger partial charge in [-0.05, 0) is 13.0 Å². The summed E-state index contributed by atoms with van der Waals surface area (Å²) in [6.45, 7) is 1.94. The highest BCUT2D eigenvalue weighted by atomic mass is 16.4. The molecule has 0 aliphatic rings. The number of nitrogens with one attached hydrogen (secondary N) is 1. The number of para-hydroxylation sites is 1. The monoisotopic (exact) mass is 255 g/mol. The quantitative estimate of drug-likeness (QED) is 0.739. The molecule has 0 saturated carbocycles. The fourth-order valence-electron chi connectivity index (χ4n) is 2.46. The largest absolute Gasteiger partial charge is 0.476 e. The van der Waals surface area contributed by atoms with Gasteiger partial charge in [-0.1, -0.05) is 18.2 Å². The molecule has 1 aromatic carbocycles. The van der Waals surface area contributed by atoms with Gasteiger partial charge in [0.2, 0.25) is 0 Å². The minimum Gasteiger partial charge on any atom is -0.476 e. The average molecular weight is 255 g/mol. The van der Waals surface area contributed by atoms with Crippen LogP contribution >= 0.6 is 0 Å². The lowest BCUT2D eigenvalue weighted by Crippen LogP contribution is -2.01. The van der Waals surface area contributed by atoms with Crippen molar-refractivity contribution in [1.82, 2.24) is 14.5 Å². The third kappa shape index (κ3) is 1.62. The Hall–Kier alpha value is -2.56. The molecule has 2 aromatic heterocycles. The number of aromatic carboxylic acids is 1. The summed E-state index contributed by atoms with van der Waals surface area (Å²) in [6, 6.07) is 7.84. The van der Waals surface area contributed by atoms with Crippen LogP contribution in [0.5, 0.6) is 0 Å². The van der Waals surface area contributed by atoms with E-state index in [0.717, 1.165) is 22.2 Å². The predicted molar refractivity (Wildman–Crippen MR) is 72.2 cm³/mol. The van der Waals surface area contributed by atoms with Gasteiger partial charge in [0.25, 0.3) is 0 Å². The number of carboxylic acid groups (broad SMARTS) is 1. The number of aromatic nitrogens is 3. The van der Waals surface area contributed by atoms with Crippen molar-refractivity contribution in [3.8, 4) is 11.3 Å². The zero-order chi connectivity index (χ0) is 13.6. The summed E-state index contributed by atoms with van der Waals surface area (Å²) in [6.07, 6.45) is 1.53. The minimum atomic E-state index is -1.01. The molecule has 5 nitrogen and oxygen atoms in total. The van der Waals surface area contributed by atoms with E-state index in [1.54, 1.807) is 11.6 Å².